The molecule has 0 unspecified atom stereocenters. The van der Waals surface area contributed by atoms with Crippen molar-refractivity contribution in [3.05, 3.63) is 102 Å². The Morgan fingerprint density at radius 3 is 2.33 bits per heavy atom. The molecule has 0 aliphatic rings. The van der Waals surface area contributed by atoms with Crippen molar-refractivity contribution in [1.29, 1.82) is 0 Å². The van der Waals surface area contributed by atoms with Gasteiger partial charge in [0.2, 0.25) is 11.9 Å². The Hall–Kier alpha value is -4.26. The predicted molar refractivity (Wildman–Crippen MR) is 140 cm³/mol. The third-order valence-electron chi connectivity index (χ3n) is 6.03. The van der Waals surface area contributed by atoms with Gasteiger partial charge in [0.05, 0.1) is 11.4 Å². The number of aryl methyl sites for hydroxylation is 2. The minimum atomic E-state index is -0.398. The minimum Gasteiger partial charge on any atom is -0.327 e. The van der Waals surface area contributed by atoms with Crippen molar-refractivity contribution >= 4 is 17.8 Å². The summed E-state index contributed by atoms with van der Waals surface area (Å²) < 4.78 is 16.0. The van der Waals surface area contributed by atoms with Crippen LogP contribution >= 0.6 is 0 Å². The number of aromatic nitrogens is 2. The predicted octanol–water partition coefficient (Wildman–Crippen LogP) is 5.78. The Balaban J connectivity index is 1.64. The number of amides is 2. The molecule has 4 aromatic rings. The van der Waals surface area contributed by atoms with Gasteiger partial charge in [-0.3, -0.25) is 19.5 Å². The summed E-state index contributed by atoms with van der Waals surface area (Å²) in [6.07, 6.45) is 1.76. The van der Waals surface area contributed by atoms with Crippen molar-refractivity contribution < 1.29 is 14.0 Å². The molecule has 0 aliphatic heterocycles. The van der Waals surface area contributed by atoms with E-state index >= 15 is 0 Å². The van der Waals surface area contributed by atoms with E-state index < -0.39 is 5.91 Å². The molecular formula is C29H29FN4O2. The number of halogens is 1. The summed E-state index contributed by atoms with van der Waals surface area (Å²) in [7, 11) is 0. The van der Waals surface area contributed by atoms with Crippen LogP contribution in [0, 0.1) is 19.7 Å². The highest BCUT2D eigenvalue weighted by molar-refractivity contribution is 6.00. The van der Waals surface area contributed by atoms with Crippen LogP contribution in [0.5, 0.6) is 0 Å². The van der Waals surface area contributed by atoms with Gasteiger partial charge in [-0.2, -0.15) is 0 Å². The number of imidazole rings is 1. The molecule has 0 saturated carbocycles. The van der Waals surface area contributed by atoms with Crippen molar-refractivity contribution in [3.8, 4) is 16.9 Å². The lowest BCUT2D eigenvalue weighted by Crippen LogP contribution is -2.42. The molecule has 0 bridgehead atoms. The van der Waals surface area contributed by atoms with Crippen LogP contribution in [-0.4, -0.2) is 38.9 Å². The van der Waals surface area contributed by atoms with Crippen LogP contribution in [0.1, 0.15) is 35.3 Å². The van der Waals surface area contributed by atoms with Gasteiger partial charge in [-0.1, -0.05) is 54.6 Å². The Kier molecular flexibility index (Phi) is 7.29. The smallest absolute Gasteiger partial charge is 0.254 e. The number of nitrogens with zero attached hydrogens (tertiary/aromatic N) is 3. The normalized spacial score (nSPS) is 10.9. The van der Waals surface area contributed by atoms with E-state index in [0.717, 1.165) is 11.1 Å². The molecule has 0 aliphatic carbocycles. The summed E-state index contributed by atoms with van der Waals surface area (Å²) in [5.41, 5.74) is 3.94. The lowest BCUT2D eigenvalue weighted by Gasteiger charge is -2.26. The summed E-state index contributed by atoms with van der Waals surface area (Å²) in [5, 5.41) is 2.84. The molecule has 184 valence electrons. The third-order valence-corrected chi connectivity index (χ3v) is 6.03. The van der Waals surface area contributed by atoms with E-state index in [1.807, 2.05) is 63.2 Å². The average molecular weight is 485 g/mol. The first-order valence-corrected chi connectivity index (χ1v) is 11.8. The van der Waals surface area contributed by atoms with E-state index in [0.29, 0.717) is 22.5 Å². The van der Waals surface area contributed by atoms with E-state index in [2.05, 4.69) is 10.3 Å². The molecule has 2 amide bonds. The molecule has 3 aromatic carbocycles. The van der Waals surface area contributed by atoms with Gasteiger partial charge in [-0.05, 0) is 57.0 Å². The highest BCUT2D eigenvalue weighted by atomic mass is 19.1. The zero-order valence-electron chi connectivity index (χ0n) is 20.8. The first-order chi connectivity index (χ1) is 17.2. The Labute approximate surface area is 210 Å². The quantitative estimate of drug-likeness (QED) is 0.361. The monoisotopic (exact) mass is 484 g/mol. The van der Waals surface area contributed by atoms with Crippen molar-refractivity contribution in [2.75, 3.05) is 11.9 Å². The van der Waals surface area contributed by atoms with Crippen LogP contribution in [-0.2, 0) is 4.79 Å². The zero-order chi connectivity index (χ0) is 25.8. The van der Waals surface area contributed by atoms with E-state index in [4.69, 9.17) is 0 Å². The van der Waals surface area contributed by atoms with Crippen molar-refractivity contribution in [3.63, 3.8) is 0 Å². The Morgan fingerprint density at radius 1 is 0.972 bits per heavy atom. The summed E-state index contributed by atoms with van der Waals surface area (Å²) in [6, 6.07) is 21.5. The van der Waals surface area contributed by atoms with Gasteiger partial charge < -0.3 is 4.90 Å². The van der Waals surface area contributed by atoms with Gasteiger partial charge in [0.15, 0.2) is 0 Å². The van der Waals surface area contributed by atoms with Gasteiger partial charge in [-0.25, -0.2) is 9.37 Å². The molecule has 0 atom stereocenters. The molecule has 36 heavy (non-hydrogen) atoms. The van der Waals surface area contributed by atoms with Crippen molar-refractivity contribution in [2.45, 2.75) is 33.7 Å². The van der Waals surface area contributed by atoms with Gasteiger partial charge >= 0.3 is 0 Å². The van der Waals surface area contributed by atoms with Gasteiger partial charge in [0.1, 0.15) is 12.4 Å². The van der Waals surface area contributed by atoms with E-state index in [9.17, 15) is 14.0 Å². The maximum atomic E-state index is 14.4. The largest absolute Gasteiger partial charge is 0.327 e. The maximum absolute atomic E-state index is 14.4. The Morgan fingerprint density at radius 2 is 1.67 bits per heavy atom. The molecule has 0 saturated heterocycles. The second-order valence-electron chi connectivity index (χ2n) is 9.01. The van der Waals surface area contributed by atoms with E-state index in [-0.39, 0.29) is 30.3 Å². The zero-order valence-corrected chi connectivity index (χ0v) is 20.8. The van der Waals surface area contributed by atoms with Crippen LogP contribution < -0.4 is 5.32 Å². The summed E-state index contributed by atoms with van der Waals surface area (Å²) in [6.45, 7) is 7.14. The van der Waals surface area contributed by atoms with E-state index in [1.165, 1.54) is 11.0 Å². The van der Waals surface area contributed by atoms with Crippen LogP contribution in [0.15, 0.2) is 79.0 Å². The molecule has 4 rings (SSSR count). The third kappa shape index (κ3) is 5.35. The molecule has 7 heteroatoms. The maximum Gasteiger partial charge on any atom is 0.254 e. The summed E-state index contributed by atoms with van der Waals surface area (Å²) in [4.78, 5) is 32.5. The number of benzene rings is 3. The van der Waals surface area contributed by atoms with Crippen LogP contribution in [0.3, 0.4) is 0 Å². The lowest BCUT2D eigenvalue weighted by molar-refractivity contribution is -0.117. The Bertz CT molecular complexity index is 1400. The fourth-order valence-corrected chi connectivity index (χ4v) is 3.92. The van der Waals surface area contributed by atoms with Crippen LogP contribution in [0.4, 0.5) is 10.3 Å². The molecule has 0 spiro atoms. The highest BCUT2D eigenvalue weighted by Crippen LogP contribution is 2.25. The average Bonchev–Trinajstić information content (AvgIpc) is 3.28. The standard InChI is InChI=1S/C29H29FN4O2/c1-19(2)33(28(36)24-13-9-8-10-20(24)3)18-27(35)32-29-31-26(22-11-6-5-7-12-22)17-34(29)23-15-14-21(4)25(30)16-23/h5-17,19H,18H2,1-4H3,(H,31,32,35). The number of anilines is 1. The van der Waals surface area contributed by atoms with Gasteiger partial charge in [-0.15, -0.1) is 0 Å². The fraction of sp³-hybridized carbons (Fsp3) is 0.207. The first kappa shape index (κ1) is 24.9. The molecule has 0 radical (unpaired) electrons. The number of hydrogen-bond donors (Lipinski definition) is 1. The van der Waals surface area contributed by atoms with Gasteiger partial charge in [0.25, 0.3) is 5.91 Å². The topological polar surface area (TPSA) is 67.2 Å². The molecule has 1 aromatic heterocycles. The van der Waals surface area contributed by atoms with Crippen molar-refractivity contribution in [1.82, 2.24) is 14.5 Å². The molecule has 0 fully saturated rings. The van der Waals surface area contributed by atoms with Gasteiger partial charge in [0, 0.05) is 23.4 Å². The first-order valence-electron chi connectivity index (χ1n) is 11.8. The summed E-state index contributed by atoms with van der Waals surface area (Å²) in [5.74, 6) is -0.722. The summed E-state index contributed by atoms with van der Waals surface area (Å²) >= 11 is 0. The molecule has 1 heterocycles. The molecule has 1 N–H and O–H groups in total. The fourth-order valence-electron chi connectivity index (χ4n) is 3.92. The lowest BCUT2D eigenvalue weighted by atomic mass is 10.1. The van der Waals surface area contributed by atoms with Crippen molar-refractivity contribution in [2.24, 2.45) is 0 Å². The number of rotatable bonds is 7. The molecular weight excluding hydrogens is 455 g/mol. The number of nitrogens with one attached hydrogen (secondary N) is 1. The molecule has 6 nitrogen and oxygen atoms in total. The van der Waals surface area contributed by atoms with Crippen LogP contribution in [0.25, 0.3) is 16.9 Å². The van der Waals surface area contributed by atoms with E-state index in [1.54, 1.807) is 42.0 Å². The number of carbonyl (C=O) groups is 2. The second kappa shape index (κ2) is 10.6. The second-order valence-corrected chi connectivity index (χ2v) is 9.01. The van der Waals surface area contributed by atoms with Crippen LogP contribution in [0.2, 0.25) is 0 Å². The SMILES string of the molecule is Cc1ccc(-n2cc(-c3ccccc3)nc2NC(=O)CN(C(=O)c2ccccc2C)C(C)C)cc1F. The number of hydrogen-bond acceptors (Lipinski definition) is 3. The minimum absolute atomic E-state index is 0.152. The number of carbonyl (C=O) groups excluding carboxylic acids is 2. The highest BCUT2D eigenvalue weighted by Gasteiger charge is 2.24.